The van der Waals surface area contributed by atoms with E-state index < -0.39 is 6.10 Å². The van der Waals surface area contributed by atoms with Crippen LogP contribution in [0.5, 0.6) is 0 Å². The number of carbonyl (C=O) groups is 1. The Labute approximate surface area is 83.8 Å². The molecule has 1 aliphatic heterocycles. The summed E-state index contributed by atoms with van der Waals surface area (Å²) in [7, 11) is 0. The number of ether oxygens (including phenoxy) is 1. The van der Waals surface area contributed by atoms with E-state index >= 15 is 0 Å². The van der Waals surface area contributed by atoms with Gasteiger partial charge in [0.2, 0.25) is 0 Å². The van der Waals surface area contributed by atoms with Crippen LogP contribution in [0.3, 0.4) is 0 Å². The standard InChI is InChI=1S/C9H18N2O3/c1-7(12)5-10-9(13)11-6-8-3-2-4-14-8/h7-8,12H,2-6H2,1H3,(H2,10,11,13). The van der Waals surface area contributed by atoms with Crippen LogP contribution in [-0.4, -0.2) is 43.0 Å². The molecule has 2 unspecified atom stereocenters. The summed E-state index contributed by atoms with van der Waals surface area (Å²) in [6.07, 6.45) is 1.73. The third kappa shape index (κ3) is 4.43. The highest BCUT2D eigenvalue weighted by molar-refractivity contribution is 5.73. The van der Waals surface area contributed by atoms with Gasteiger partial charge in [0.25, 0.3) is 0 Å². The molecule has 0 aromatic rings. The molecule has 5 heteroatoms. The van der Waals surface area contributed by atoms with Crippen molar-refractivity contribution >= 4 is 6.03 Å². The molecule has 14 heavy (non-hydrogen) atoms. The first-order chi connectivity index (χ1) is 6.68. The second-order valence-electron chi connectivity index (χ2n) is 3.57. The molecule has 1 aliphatic rings. The number of hydrogen-bond acceptors (Lipinski definition) is 3. The van der Waals surface area contributed by atoms with Crippen molar-refractivity contribution in [1.82, 2.24) is 10.6 Å². The number of nitrogens with one attached hydrogen (secondary N) is 2. The fourth-order valence-corrected chi connectivity index (χ4v) is 1.31. The predicted molar refractivity (Wildman–Crippen MR) is 52.1 cm³/mol. The lowest BCUT2D eigenvalue weighted by atomic mass is 10.2. The van der Waals surface area contributed by atoms with Gasteiger partial charge in [0.1, 0.15) is 0 Å². The lowest BCUT2D eigenvalue weighted by molar-refractivity contribution is 0.111. The smallest absolute Gasteiger partial charge is 0.314 e. The summed E-state index contributed by atoms with van der Waals surface area (Å²) in [6.45, 7) is 3.24. The Kier molecular flexibility index (Phi) is 4.69. The minimum Gasteiger partial charge on any atom is -0.392 e. The molecule has 0 spiro atoms. The van der Waals surface area contributed by atoms with Crippen LogP contribution in [0.25, 0.3) is 0 Å². The maximum absolute atomic E-state index is 11.1. The zero-order chi connectivity index (χ0) is 10.4. The van der Waals surface area contributed by atoms with Gasteiger partial charge in [0, 0.05) is 19.7 Å². The number of amides is 2. The van der Waals surface area contributed by atoms with Crippen molar-refractivity contribution in [2.45, 2.75) is 32.0 Å². The summed E-state index contributed by atoms with van der Waals surface area (Å²) in [5, 5.41) is 14.2. The van der Waals surface area contributed by atoms with E-state index in [2.05, 4.69) is 10.6 Å². The summed E-state index contributed by atoms with van der Waals surface area (Å²) >= 11 is 0. The number of aliphatic hydroxyl groups excluding tert-OH is 1. The van der Waals surface area contributed by atoms with Gasteiger partial charge in [0.15, 0.2) is 0 Å². The average molecular weight is 202 g/mol. The SMILES string of the molecule is CC(O)CNC(=O)NCC1CCCO1. The van der Waals surface area contributed by atoms with Crippen LogP contribution in [0.4, 0.5) is 4.79 Å². The Morgan fingerprint density at radius 2 is 2.43 bits per heavy atom. The van der Waals surface area contributed by atoms with Crippen molar-refractivity contribution in [2.24, 2.45) is 0 Å². The van der Waals surface area contributed by atoms with Gasteiger partial charge in [-0.05, 0) is 19.8 Å². The highest BCUT2D eigenvalue weighted by Crippen LogP contribution is 2.10. The summed E-state index contributed by atoms with van der Waals surface area (Å²) in [5.41, 5.74) is 0. The largest absolute Gasteiger partial charge is 0.392 e. The molecule has 1 rings (SSSR count). The summed E-state index contributed by atoms with van der Waals surface area (Å²) in [4.78, 5) is 11.1. The first kappa shape index (κ1) is 11.3. The van der Waals surface area contributed by atoms with Crippen LogP contribution in [0, 0.1) is 0 Å². The molecule has 0 aromatic carbocycles. The van der Waals surface area contributed by atoms with Gasteiger partial charge in [-0.15, -0.1) is 0 Å². The molecule has 0 radical (unpaired) electrons. The molecule has 0 aliphatic carbocycles. The molecule has 2 atom stereocenters. The molecule has 0 bridgehead atoms. The fraction of sp³-hybridized carbons (Fsp3) is 0.889. The van der Waals surface area contributed by atoms with E-state index in [1.54, 1.807) is 6.92 Å². The average Bonchev–Trinajstić information content (AvgIpc) is 2.63. The van der Waals surface area contributed by atoms with E-state index in [-0.39, 0.29) is 18.7 Å². The molecule has 1 saturated heterocycles. The number of aliphatic hydroxyl groups is 1. The van der Waals surface area contributed by atoms with E-state index in [1.807, 2.05) is 0 Å². The Bertz CT molecular complexity index is 179. The minimum atomic E-state index is -0.511. The zero-order valence-corrected chi connectivity index (χ0v) is 8.45. The van der Waals surface area contributed by atoms with Crippen molar-refractivity contribution in [3.05, 3.63) is 0 Å². The number of carbonyl (C=O) groups excluding carboxylic acids is 1. The quantitative estimate of drug-likeness (QED) is 0.593. The van der Waals surface area contributed by atoms with Crippen LogP contribution in [0.1, 0.15) is 19.8 Å². The lowest BCUT2D eigenvalue weighted by Gasteiger charge is -2.12. The second kappa shape index (κ2) is 5.82. The van der Waals surface area contributed by atoms with Crippen molar-refractivity contribution < 1.29 is 14.6 Å². The van der Waals surface area contributed by atoms with Crippen LogP contribution in [0.2, 0.25) is 0 Å². The highest BCUT2D eigenvalue weighted by Gasteiger charge is 2.15. The molecular formula is C9H18N2O3. The molecule has 5 nitrogen and oxygen atoms in total. The monoisotopic (exact) mass is 202 g/mol. The van der Waals surface area contributed by atoms with E-state index in [4.69, 9.17) is 9.84 Å². The number of rotatable bonds is 4. The van der Waals surface area contributed by atoms with E-state index in [0.29, 0.717) is 6.54 Å². The van der Waals surface area contributed by atoms with Gasteiger partial charge in [-0.1, -0.05) is 0 Å². The van der Waals surface area contributed by atoms with Gasteiger partial charge in [-0.2, -0.15) is 0 Å². The first-order valence-corrected chi connectivity index (χ1v) is 5.00. The van der Waals surface area contributed by atoms with Crippen LogP contribution in [-0.2, 0) is 4.74 Å². The number of hydrogen-bond donors (Lipinski definition) is 3. The van der Waals surface area contributed by atoms with E-state index in [1.165, 1.54) is 0 Å². The minimum absolute atomic E-state index is 0.160. The van der Waals surface area contributed by atoms with Gasteiger partial charge < -0.3 is 20.5 Å². The zero-order valence-electron chi connectivity index (χ0n) is 8.45. The predicted octanol–water partition coefficient (Wildman–Crippen LogP) is -0.155. The Hall–Kier alpha value is -0.810. The second-order valence-corrected chi connectivity index (χ2v) is 3.57. The highest BCUT2D eigenvalue weighted by atomic mass is 16.5. The first-order valence-electron chi connectivity index (χ1n) is 5.00. The summed E-state index contributed by atoms with van der Waals surface area (Å²) in [5.74, 6) is 0. The Morgan fingerprint density at radius 1 is 1.64 bits per heavy atom. The van der Waals surface area contributed by atoms with Crippen molar-refractivity contribution in [3.8, 4) is 0 Å². The third-order valence-corrected chi connectivity index (χ3v) is 2.07. The van der Waals surface area contributed by atoms with E-state index in [0.717, 1.165) is 19.4 Å². The third-order valence-electron chi connectivity index (χ3n) is 2.07. The van der Waals surface area contributed by atoms with Gasteiger partial charge in [0.05, 0.1) is 12.2 Å². The fourth-order valence-electron chi connectivity index (χ4n) is 1.31. The Morgan fingerprint density at radius 3 is 3.00 bits per heavy atom. The molecular weight excluding hydrogens is 184 g/mol. The van der Waals surface area contributed by atoms with Crippen LogP contribution in [0.15, 0.2) is 0 Å². The van der Waals surface area contributed by atoms with Crippen LogP contribution < -0.4 is 10.6 Å². The lowest BCUT2D eigenvalue weighted by Crippen LogP contribution is -2.42. The molecule has 1 fully saturated rings. The Balaban J connectivity index is 2.02. The summed E-state index contributed by atoms with van der Waals surface area (Å²) in [6, 6.07) is -0.249. The normalized spacial score (nSPS) is 23.1. The van der Waals surface area contributed by atoms with Gasteiger partial charge >= 0.3 is 6.03 Å². The van der Waals surface area contributed by atoms with Crippen molar-refractivity contribution in [3.63, 3.8) is 0 Å². The summed E-state index contributed by atoms with van der Waals surface area (Å²) < 4.78 is 5.34. The topological polar surface area (TPSA) is 70.6 Å². The molecule has 0 saturated carbocycles. The van der Waals surface area contributed by atoms with Crippen LogP contribution >= 0.6 is 0 Å². The molecule has 1 heterocycles. The van der Waals surface area contributed by atoms with Gasteiger partial charge in [-0.25, -0.2) is 4.79 Å². The van der Waals surface area contributed by atoms with Crippen molar-refractivity contribution in [1.29, 1.82) is 0 Å². The maximum atomic E-state index is 11.1. The molecule has 2 amide bonds. The number of urea groups is 1. The van der Waals surface area contributed by atoms with E-state index in [9.17, 15) is 4.79 Å². The maximum Gasteiger partial charge on any atom is 0.314 e. The molecule has 3 N–H and O–H groups in total. The van der Waals surface area contributed by atoms with Gasteiger partial charge in [-0.3, -0.25) is 0 Å². The molecule has 82 valence electrons. The molecule has 0 aromatic heterocycles. The van der Waals surface area contributed by atoms with Crippen molar-refractivity contribution in [2.75, 3.05) is 19.7 Å².